The van der Waals surface area contributed by atoms with Crippen LogP contribution in [0.25, 0.3) is 0 Å². The van der Waals surface area contributed by atoms with E-state index in [4.69, 9.17) is 6.11 Å². The number of benzene rings is 2. The van der Waals surface area contributed by atoms with Gasteiger partial charge in [-0.05, 0) is 97.6 Å². The van der Waals surface area contributed by atoms with Crippen molar-refractivity contribution in [3.05, 3.63) is 67.6 Å². The van der Waals surface area contributed by atoms with Crippen LogP contribution in [0.2, 0.25) is 0 Å². The van der Waals surface area contributed by atoms with Crippen LogP contribution in [0.15, 0.2) is 45.3 Å². The largest absolute Gasteiger partial charge is 0.393 e. The second-order valence-corrected chi connectivity index (χ2v) is 15.3. The van der Waals surface area contributed by atoms with Crippen molar-refractivity contribution in [3.8, 4) is 0 Å². The van der Waals surface area contributed by atoms with Crippen molar-refractivity contribution in [1.82, 2.24) is 0 Å². The van der Waals surface area contributed by atoms with Crippen LogP contribution < -0.4 is 0 Å². The number of aliphatic hydroxyl groups excluding tert-OH is 1. The summed E-state index contributed by atoms with van der Waals surface area (Å²) in [6.07, 6.45) is 7.39. The van der Waals surface area contributed by atoms with E-state index in [1.807, 2.05) is 31.4 Å². The first-order valence-electron chi connectivity index (χ1n) is 16.3. The molecule has 0 saturated heterocycles. The molecule has 7 heteroatoms. The fourth-order valence-corrected chi connectivity index (χ4v) is 9.66. The Morgan fingerprint density at radius 3 is 1.74 bits per heavy atom. The standard InChI is InChI=1S/C18H23BrO2.C17H21BrO2.CH3F/c1-4-12-9-18(8-11(2)16(12)21-3)10-13-5-6-14(19)7-15(13)17(18)20;1-3-11-8-17(7-10(2)15(11)19)9-12-4-5-13(18)6-14(12)16(17)20;1-2/h5-7,11-12,16H,4,8-10H2,1-3H3;4-6,10-11,15,19H,3,7-9H2,1-2H3;1H3/t11-,12+,16+,18+;10-,11+,15+,17+;/m00./s1/i;;1D. The van der Waals surface area contributed by atoms with Crippen LogP contribution in [0.5, 0.6) is 0 Å². The maximum Gasteiger partial charge on any atom is 0.169 e. The number of halogens is 3. The Labute approximate surface area is 275 Å². The zero-order valence-corrected chi connectivity index (χ0v) is 29.3. The second-order valence-electron chi connectivity index (χ2n) is 13.5. The van der Waals surface area contributed by atoms with Crippen molar-refractivity contribution >= 4 is 43.4 Å². The van der Waals surface area contributed by atoms with Crippen LogP contribution in [0.3, 0.4) is 0 Å². The fourth-order valence-electron chi connectivity index (χ4n) is 8.94. The average molecular weight is 724 g/mol. The summed E-state index contributed by atoms with van der Waals surface area (Å²) in [5.74, 6) is 2.04. The molecular weight excluding hydrogens is 675 g/mol. The molecular formula is C36H47Br2FO4. The van der Waals surface area contributed by atoms with Crippen LogP contribution in [0, 0.1) is 34.5 Å². The van der Waals surface area contributed by atoms with E-state index in [1.165, 1.54) is 11.1 Å². The van der Waals surface area contributed by atoms with Gasteiger partial charge in [0.25, 0.3) is 0 Å². The van der Waals surface area contributed by atoms with Gasteiger partial charge in [-0.15, -0.1) is 0 Å². The van der Waals surface area contributed by atoms with E-state index in [1.54, 1.807) is 0 Å². The molecule has 0 aromatic heterocycles. The van der Waals surface area contributed by atoms with Gasteiger partial charge < -0.3 is 9.84 Å². The monoisotopic (exact) mass is 721 g/mol. The Morgan fingerprint density at radius 1 is 0.860 bits per heavy atom. The lowest BCUT2D eigenvalue weighted by atomic mass is 9.62. The first-order valence-corrected chi connectivity index (χ1v) is 17.2. The number of ketones is 2. The van der Waals surface area contributed by atoms with Gasteiger partial charge in [-0.1, -0.05) is 84.5 Å². The fraction of sp³-hybridized carbons (Fsp3) is 0.611. The highest BCUT2D eigenvalue weighted by molar-refractivity contribution is 9.10. The molecule has 0 unspecified atom stereocenters. The van der Waals surface area contributed by atoms with Gasteiger partial charge >= 0.3 is 0 Å². The summed E-state index contributed by atoms with van der Waals surface area (Å²) in [6.45, 7) is 8.65. The van der Waals surface area contributed by atoms with E-state index < -0.39 is 7.15 Å². The van der Waals surface area contributed by atoms with Crippen LogP contribution in [0.1, 0.15) is 99.4 Å². The normalized spacial score (nSPS) is 34.6. The molecule has 43 heavy (non-hydrogen) atoms. The third-order valence-electron chi connectivity index (χ3n) is 10.8. The molecule has 2 fully saturated rings. The van der Waals surface area contributed by atoms with Crippen molar-refractivity contribution in [2.45, 2.75) is 91.3 Å². The number of ether oxygens (including phenoxy) is 1. The summed E-state index contributed by atoms with van der Waals surface area (Å²) in [7, 11) is 0.810. The van der Waals surface area contributed by atoms with Crippen molar-refractivity contribution in [2.75, 3.05) is 14.3 Å². The number of fused-ring (bicyclic) bond motifs is 2. The summed E-state index contributed by atoms with van der Waals surface area (Å²) >= 11 is 6.95. The van der Waals surface area contributed by atoms with E-state index in [0.717, 1.165) is 71.4 Å². The Morgan fingerprint density at radius 2 is 1.30 bits per heavy atom. The smallest absolute Gasteiger partial charge is 0.169 e. The van der Waals surface area contributed by atoms with Crippen molar-refractivity contribution in [3.63, 3.8) is 0 Å². The summed E-state index contributed by atoms with van der Waals surface area (Å²) in [6, 6.07) is 12.2. The zero-order valence-electron chi connectivity index (χ0n) is 27.1. The van der Waals surface area contributed by atoms with Crippen LogP contribution in [-0.4, -0.2) is 43.1 Å². The molecule has 2 aromatic rings. The number of carbonyl (C=O) groups is 2. The van der Waals surface area contributed by atoms with Gasteiger partial charge in [0.2, 0.25) is 0 Å². The molecule has 0 heterocycles. The van der Waals surface area contributed by atoms with Crippen LogP contribution in [0.4, 0.5) is 4.39 Å². The number of aliphatic hydroxyl groups is 1. The molecule has 0 radical (unpaired) electrons. The summed E-state index contributed by atoms with van der Waals surface area (Å²) in [4.78, 5) is 26.0. The Kier molecular flexibility index (Phi) is 10.7. The molecule has 1 N–H and O–H groups in total. The maximum absolute atomic E-state index is 13.1. The molecule has 0 amide bonds. The lowest BCUT2D eigenvalue weighted by Crippen LogP contribution is -2.45. The van der Waals surface area contributed by atoms with Gasteiger partial charge in [0.1, 0.15) is 0 Å². The highest BCUT2D eigenvalue weighted by Gasteiger charge is 2.53. The Bertz CT molecular complexity index is 1350. The van der Waals surface area contributed by atoms with E-state index in [2.05, 4.69) is 71.7 Å². The highest BCUT2D eigenvalue weighted by Crippen LogP contribution is 2.53. The molecule has 0 bridgehead atoms. The average Bonchev–Trinajstić information content (AvgIpc) is 3.40. The first kappa shape index (κ1) is 33.0. The first-order chi connectivity index (χ1) is 20.9. The highest BCUT2D eigenvalue weighted by atomic mass is 79.9. The van der Waals surface area contributed by atoms with Crippen LogP contribution >= 0.6 is 31.9 Å². The van der Waals surface area contributed by atoms with E-state index in [-0.39, 0.29) is 28.8 Å². The van der Waals surface area contributed by atoms with Gasteiger partial charge in [0.15, 0.2) is 11.6 Å². The number of carbonyl (C=O) groups excluding carboxylic acids is 2. The zero-order chi connectivity index (χ0) is 32.4. The number of methoxy groups -OCH3 is 1. The Balaban J connectivity index is 0.000000185. The SMILES string of the molecule is CC[C@@H]1C[C@@]2(Cc3ccc(Br)cc3C2=O)C[C@H](C)[C@H]1O.CC[C@@H]1C[C@@]2(Cc3ccc(Br)cc3C2=O)C[C@H](C)[C@H]1OC.[2H]CF. The lowest BCUT2D eigenvalue weighted by molar-refractivity contribution is -0.0497. The number of Topliss-reactive ketones (excluding diaryl/α,β-unsaturated/α-hetero) is 2. The van der Waals surface area contributed by atoms with Gasteiger partial charge in [-0.2, -0.15) is 0 Å². The minimum absolute atomic E-state index is 0.182. The quantitative estimate of drug-likeness (QED) is 0.343. The molecule has 4 nitrogen and oxygen atoms in total. The molecule has 4 aliphatic rings. The summed E-state index contributed by atoms with van der Waals surface area (Å²) in [5.41, 5.74) is 3.78. The number of hydrogen-bond acceptors (Lipinski definition) is 4. The van der Waals surface area contributed by atoms with Crippen LogP contribution in [-0.2, 0) is 17.6 Å². The van der Waals surface area contributed by atoms with Gasteiger partial charge in [0, 0.05) is 38.0 Å². The minimum Gasteiger partial charge on any atom is -0.393 e. The molecule has 0 aliphatic heterocycles. The second kappa shape index (κ2) is 13.9. The van der Waals surface area contributed by atoms with Crippen molar-refractivity contribution in [2.24, 2.45) is 34.5 Å². The number of rotatable bonds is 3. The van der Waals surface area contributed by atoms with Crippen molar-refractivity contribution in [1.29, 1.82) is 0 Å². The van der Waals surface area contributed by atoms with E-state index >= 15 is 0 Å². The molecule has 2 saturated carbocycles. The summed E-state index contributed by atoms with van der Waals surface area (Å²) in [5, 5.41) is 10.3. The molecule has 4 aliphatic carbocycles. The van der Waals surface area contributed by atoms with Crippen molar-refractivity contribution < 1.29 is 25.2 Å². The van der Waals surface area contributed by atoms with E-state index in [0.29, 0.717) is 29.5 Å². The molecule has 6 rings (SSSR count). The maximum atomic E-state index is 13.1. The molecule has 236 valence electrons. The number of alkyl halides is 1. The van der Waals surface area contributed by atoms with E-state index in [9.17, 15) is 19.1 Å². The summed E-state index contributed by atoms with van der Waals surface area (Å²) < 4.78 is 23.2. The minimum atomic E-state index is -1.00. The van der Waals surface area contributed by atoms with Gasteiger partial charge in [0.05, 0.1) is 20.7 Å². The third-order valence-corrected chi connectivity index (χ3v) is 11.8. The molecule has 2 spiro atoms. The topological polar surface area (TPSA) is 63.6 Å². The predicted molar refractivity (Wildman–Crippen MR) is 177 cm³/mol. The third kappa shape index (κ3) is 6.48. The lowest BCUT2D eigenvalue weighted by Gasteiger charge is -2.44. The number of hydrogen-bond donors (Lipinski definition) is 1. The Hall–Kier alpha value is -1.41. The molecule has 8 atom stereocenters. The van der Waals surface area contributed by atoms with Gasteiger partial charge in [-0.3, -0.25) is 14.0 Å². The molecule has 2 aromatic carbocycles. The predicted octanol–water partition coefficient (Wildman–Crippen LogP) is 9.22. The van der Waals surface area contributed by atoms with Gasteiger partial charge in [-0.25, -0.2) is 0 Å².